The van der Waals surface area contributed by atoms with Gasteiger partial charge in [-0.15, -0.1) is 0 Å². The number of esters is 1. The summed E-state index contributed by atoms with van der Waals surface area (Å²) in [6.07, 6.45) is 1.79. The summed E-state index contributed by atoms with van der Waals surface area (Å²) < 4.78 is 5.22. The molecule has 1 aromatic heterocycles. The summed E-state index contributed by atoms with van der Waals surface area (Å²) in [6, 6.07) is 8.70. The van der Waals surface area contributed by atoms with Gasteiger partial charge in [0.05, 0.1) is 5.52 Å². The summed E-state index contributed by atoms with van der Waals surface area (Å²) in [4.78, 5) is 42.0. The van der Waals surface area contributed by atoms with E-state index in [1.54, 1.807) is 13.0 Å². The first-order chi connectivity index (χ1) is 12.9. The SMILES string of the molecule is C[C@]1(C2CC2)NC(=O)N(CC(=O)OCc2cc3ccccc3nc2Cl)C1=O. The largest absolute Gasteiger partial charge is 0.459 e. The highest BCUT2D eigenvalue weighted by atomic mass is 35.5. The third-order valence-electron chi connectivity index (χ3n) is 5.12. The predicted molar refractivity (Wildman–Crippen MR) is 97.9 cm³/mol. The number of hydrogen-bond donors (Lipinski definition) is 1. The molecular formula is C19H18ClN3O4. The van der Waals surface area contributed by atoms with Crippen LogP contribution in [0.2, 0.25) is 5.15 Å². The molecule has 0 spiro atoms. The molecule has 0 radical (unpaired) electrons. The maximum Gasteiger partial charge on any atom is 0.326 e. The number of halogens is 1. The van der Waals surface area contributed by atoms with Gasteiger partial charge >= 0.3 is 12.0 Å². The Morgan fingerprint density at radius 1 is 1.37 bits per heavy atom. The quantitative estimate of drug-likeness (QED) is 0.484. The monoisotopic (exact) mass is 387 g/mol. The Labute approximate surface area is 160 Å². The summed E-state index contributed by atoms with van der Waals surface area (Å²) >= 11 is 6.15. The minimum Gasteiger partial charge on any atom is -0.459 e. The zero-order valence-electron chi connectivity index (χ0n) is 14.7. The van der Waals surface area contributed by atoms with E-state index < -0.39 is 24.1 Å². The van der Waals surface area contributed by atoms with Gasteiger partial charge in [-0.3, -0.25) is 14.5 Å². The third kappa shape index (κ3) is 3.23. The number of fused-ring (bicyclic) bond motifs is 1. The van der Waals surface area contributed by atoms with Gasteiger partial charge in [-0.25, -0.2) is 9.78 Å². The number of urea groups is 1. The van der Waals surface area contributed by atoms with Crippen LogP contribution in [-0.4, -0.2) is 39.9 Å². The third-order valence-corrected chi connectivity index (χ3v) is 5.45. The predicted octanol–water partition coefficient (Wildman–Crippen LogP) is 2.65. The number of pyridine rings is 1. The molecule has 2 aromatic rings. The van der Waals surface area contributed by atoms with Crippen molar-refractivity contribution in [2.75, 3.05) is 6.54 Å². The number of aromatic nitrogens is 1. The van der Waals surface area contributed by atoms with Crippen molar-refractivity contribution < 1.29 is 19.1 Å². The lowest BCUT2D eigenvalue weighted by Gasteiger charge is -2.20. The van der Waals surface area contributed by atoms with E-state index in [4.69, 9.17) is 16.3 Å². The van der Waals surface area contributed by atoms with Crippen molar-refractivity contribution in [3.8, 4) is 0 Å². The molecule has 1 N–H and O–H groups in total. The molecule has 3 amide bonds. The molecule has 2 fully saturated rings. The van der Waals surface area contributed by atoms with Crippen LogP contribution in [0, 0.1) is 5.92 Å². The van der Waals surface area contributed by atoms with Gasteiger partial charge < -0.3 is 10.1 Å². The van der Waals surface area contributed by atoms with E-state index in [-0.39, 0.29) is 23.6 Å². The lowest BCUT2D eigenvalue weighted by molar-refractivity contribution is -0.148. The molecule has 27 heavy (non-hydrogen) atoms. The Kier molecular flexibility index (Phi) is 4.26. The summed E-state index contributed by atoms with van der Waals surface area (Å²) in [6.45, 7) is 1.20. The second-order valence-corrected chi connectivity index (χ2v) is 7.45. The molecule has 2 heterocycles. The number of imide groups is 1. The van der Waals surface area contributed by atoms with Gasteiger partial charge in [0.2, 0.25) is 0 Å². The van der Waals surface area contributed by atoms with Gasteiger partial charge in [-0.1, -0.05) is 29.8 Å². The molecular weight excluding hydrogens is 370 g/mol. The van der Waals surface area contributed by atoms with Crippen LogP contribution in [0.1, 0.15) is 25.3 Å². The Balaban J connectivity index is 1.41. The lowest BCUT2D eigenvalue weighted by Crippen LogP contribution is -2.46. The van der Waals surface area contributed by atoms with Crippen LogP contribution in [0.4, 0.5) is 4.79 Å². The fourth-order valence-corrected chi connectivity index (χ4v) is 3.57. The molecule has 1 saturated heterocycles. The van der Waals surface area contributed by atoms with Crippen LogP contribution in [0.25, 0.3) is 10.9 Å². The first-order valence-electron chi connectivity index (χ1n) is 8.72. The fourth-order valence-electron chi connectivity index (χ4n) is 3.37. The second kappa shape index (κ2) is 6.49. The molecule has 0 unspecified atom stereocenters. The van der Waals surface area contributed by atoms with E-state index in [9.17, 15) is 14.4 Å². The number of benzene rings is 1. The van der Waals surface area contributed by atoms with Crippen molar-refractivity contribution in [2.24, 2.45) is 5.92 Å². The highest BCUT2D eigenvalue weighted by Crippen LogP contribution is 2.42. The molecule has 1 saturated carbocycles. The molecule has 7 nitrogen and oxygen atoms in total. The van der Waals surface area contributed by atoms with Crippen LogP contribution in [0.3, 0.4) is 0 Å². The Bertz CT molecular complexity index is 959. The Morgan fingerprint density at radius 3 is 2.85 bits per heavy atom. The standard InChI is InChI=1S/C19H18ClN3O4/c1-19(13-6-7-13)17(25)23(18(26)22-19)9-15(24)27-10-12-8-11-4-2-3-5-14(11)21-16(12)20/h2-5,8,13H,6-7,9-10H2,1H3,(H,22,26)/t19-/m1/s1. The number of nitrogens with one attached hydrogen (secondary N) is 1. The minimum atomic E-state index is -0.914. The van der Waals surface area contributed by atoms with Crippen LogP contribution in [0.15, 0.2) is 30.3 Å². The number of amides is 3. The van der Waals surface area contributed by atoms with E-state index in [0.29, 0.717) is 5.56 Å². The second-order valence-electron chi connectivity index (χ2n) is 7.09. The first-order valence-corrected chi connectivity index (χ1v) is 9.10. The summed E-state index contributed by atoms with van der Waals surface area (Å²) in [7, 11) is 0. The number of carbonyl (C=O) groups excluding carboxylic acids is 3. The summed E-state index contributed by atoms with van der Waals surface area (Å²) in [5.41, 5.74) is 0.392. The number of nitrogens with zero attached hydrogens (tertiary/aromatic N) is 2. The van der Waals surface area contributed by atoms with E-state index in [0.717, 1.165) is 28.6 Å². The number of rotatable bonds is 5. The van der Waals surface area contributed by atoms with Crippen molar-refractivity contribution in [3.63, 3.8) is 0 Å². The number of ether oxygens (including phenoxy) is 1. The zero-order valence-corrected chi connectivity index (χ0v) is 15.5. The highest BCUT2D eigenvalue weighted by Gasteiger charge is 2.56. The molecule has 1 atom stereocenters. The van der Waals surface area contributed by atoms with Gasteiger partial charge in [0.1, 0.15) is 23.8 Å². The van der Waals surface area contributed by atoms with Crippen LogP contribution in [-0.2, 0) is 20.9 Å². The topological polar surface area (TPSA) is 88.6 Å². The Hall–Kier alpha value is -2.67. The van der Waals surface area contributed by atoms with Gasteiger partial charge in [0, 0.05) is 10.9 Å². The zero-order chi connectivity index (χ0) is 19.2. The minimum absolute atomic E-state index is 0.0843. The van der Waals surface area contributed by atoms with Crippen LogP contribution in [0.5, 0.6) is 0 Å². The van der Waals surface area contributed by atoms with Crippen molar-refractivity contribution in [3.05, 3.63) is 41.0 Å². The van der Waals surface area contributed by atoms with Crippen molar-refractivity contribution in [1.82, 2.24) is 15.2 Å². The summed E-state index contributed by atoms with van der Waals surface area (Å²) in [5, 5.41) is 3.82. The molecule has 8 heteroatoms. The van der Waals surface area contributed by atoms with Crippen LogP contribution >= 0.6 is 11.6 Å². The van der Waals surface area contributed by atoms with Crippen LogP contribution < -0.4 is 5.32 Å². The molecule has 1 aliphatic heterocycles. The fraction of sp³-hybridized carbons (Fsp3) is 0.368. The summed E-state index contributed by atoms with van der Waals surface area (Å²) in [5.74, 6) is -0.919. The maximum atomic E-state index is 12.5. The molecule has 4 rings (SSSR count). The maximum absolute atomic E-state index is 12.5. The molecule has 140 valence electrons. The van der Waals surface area contributed by atoms with Crippen molar-refractivity contribution >= 4 is 40.4 Å². The number of para-hydroxylation sites is 1. The number of carbonyl (C=O) groups is 3. The van der Waals surface area contributed by atoms with E-state index >= 15 is 0 Å². The average molecular weight is 388 g/mol. The van der Waals surface area contributed by atoms with Gasteiger partial charge in [0.25, 0.3) is 5.91 Å². The molecule has 2 aliphatic rings. The van der Waals surface area contributed by atoms with Crippen molar-refractivity contribution in [1.29, 1.82) is 0 Å². The van der Waals surface area contributed by atoms with E-state index in [2.05, 4.69) is 10.3 Å². The first kappa shape index (κ1) is 17.7. The normalized spacial score (nSPS) is 22.2. The van der Waals surface area contributed by atoms with Gasteiger partial charge in [-0.2, -0.15) is 0 Å². The van der Waals surface area contributed by atoms with Gasteiger partial charge in [0.15, 0.2) is 0 Å². The average Bonchev–Trinajstić information content (AvgIpc) is 3.46. The smallest absolute Gasteiger partial charge is 0.326 e. The van der Waals surface area contributed by atoms with E-state index in [1.165, 1.54) is 0 Å². The molecule has 0 bridgehead atoms. The Morgan fingerprint density at radius 2 is 2.11 bits per heavy atom. The van der Waals surface area contributed by atoms with Crippen molar-refractivity contribution in [2.45, 2.75) is 31.9 Å². The van der Waals surface area contributed by atoms with E-state index in [1.807, 2.05) is 24.3 Å². The lowest BCUT2D eigenvalue weighted by atomic mass is 9.96. The van der Waals surface area contributed by atoms with Gasteiger partial charge in [-0.05, 0) is 37.8 Å². The molecule has 1 aliphatic carbocycles. The highest BCUT2D eigenvalue weighted by molar-refractivity contribution is 6.30. The molecule has 1 aromatic carbocycles. The number of hydrogen-bond acceptors (Lipinski definition) is 5.